The summed E-state index contributed by atoms with van der Waals surface area (Å²) in [5.74, 6) is 0. The number of methoxy groups -OCH3 is 1. The first-order chi connectivity index (χ1) is 6.22. The molecule has 2 unspecified atom stereocenters. The molecule has 2 saturated heterocycles. The number of ether oxygens (including phenoxy) is 2. The van der Waals surface area contributed by atoms with Gasteiger partial charge in [0.2, 0.25) is 0 Å². The van der Waals surface area contributed by atoms with Crippen LogP contribution in [0.5, 0.6) is 0 Å². The van der Waals surface area contributed by atoms with Gasteiger partial charge in [-0.2, -0.15) is 0 Å². The Morgan fingerprint density at radius 1 is 1.46 bits per heavy atom. The summed E-state index contributed by atoms with van der Waals surface area (Å²) in [7, 11) is 1.63. The van der Waals surface area contributed by atoms with Gasteiger partial charge in [-0.1, -0.05) is 0 Å². The highest BCUT2D eigenvalue weighted by Gasteiger charge is 2.41. The van der Waals surface area contributed by atoms with Crippen LogP contribution >= 0.6 is 0 Å². The van der Waals surface area contributed by atoms with Gasteiger partial charge < -0.3 is 19.9 Å². The third kappa shape index (κ3) is 2.02. The quantitative estimate of drug-likeness (QED) is 0.613. The van der Waals surface area contributed by atoms with Crippen molar-refractivity contribution in [3.8, 4) is 0 Å². The smallest absolute Gasteiger partial charge is 0.0911 e. The SMILES string of the molecule is COCC1(O)CC2COCC(C1)N2. The van der Waals surface area contributed by atoms with Crippen LogP contribution in [0.4, 0.5) is 0 Å². The molecule has 2 atom stereocenters. The van der Waals surface area contributed by atoms with Crippen molar-refractivity contribution in [1.82, 2.24) is 5.32 Å². The Labute approximate surface area is 78.2 Å². The summed E-state index contributed by atoms with van der Waals surface area (Å²) in [6.07, 6.45) is 1.47. The zero-order chi connectivity index (χ0) is 9.31. The predicted octanol–water partition coefficient (Wildman–Crippen LogP) is -0.485. The van der Waals surface area contributed by atoms with Gasteiger partial charge >= 0.3 is 0 Å². The van der Waals surface area contributed by atoms with E-state index in [-0.39, 0.29) is 0 Å². The summed E-state index contributed by atoms with van der Waals surface area (Å²) in [4.78, 5) is 0. The second-order valence-corrected chi connectivity index (χ2v) is 4.16. The first kappa shape index (κ1) is 9.40. The molecule has 4 heteroatoms. The van der Waals surface area contributed by atoms with Gasteiger partial charge in [-0.3, -0.25) is 0 Å². The van der Waals surface area contributed by atoms with E-state index in [1.807, 2.05) is 0 Å². The third-order valence-corrected chi connectivity index (χ3v) is 2.78. The number of rotatable bonds is 2. The highest BCUT2D eigenvalue weighted by Crippen LogP contribution is 2.27. The Morgan fingerprint density at radius 3 is 2.62 bits per heavy atom. The molecule has 0 spiro atoms. The van der Waals surface area contributed by atoms with Gasteiger partial charge in [0.15, 0.2) is 0 Å². The lowest BCUT2D eigenvalue weighted by Crippen LogP contribution is -2.61. The molecule has 0 aromatic carbocycles. The predicted molar refractivity (Wildman–Crippen MR) is 47.6 cm³/mol. The van der Waals surface area contributed by atoms with Gasteiger partial charge in [0.05, 0.1) is 25.4 Å². The molecule has 2 aliphatic heterocycles. The van der Waals surface area contributed by atoms with Crippen LogP contribution in [0, 0.1) is 0 Å². The second kappa shape index (κ2) is 3.53. The minimum atomic E-state index is -0.640. The number of nitrogens with one attached hydrogen (secondary N) is 1. The van der Waals surface area contributed by atoms with Crippen LogP contribution in [0.2, 0.25) is 0 Å². The largest absolute Gasteiger partial charge is 0.387 e. The minimum absolute atomic E-state index is 0.299. The van der Waals surface area contributed by atoms with E-state index in [1.54, 1.807) is 7.11 Å². The summed E-state index contributed by atoms with van der Waals surface area (Å²) in [5.41, 5.74) is -0.640. The van der Waals surface area contributed by atoms with Crippen LogP contribution in [-0.4, -0.2) is 49.7 Å². The zero-order valence-corrected chi connectivity index (χ0v) is 7.95. The van der Waals surface area contributed by atoms with Gasteiger partial charge in [0, 0.05) is 19.2 Å². The highest BCUT2D eigenvalue weighted by atomic mass is 16.5. The fourth-order valence-electron chi connectivity index (χ4n) is 2.40. The Balaban J connectivity index is 2.00. The molecule has 0 aromatic heterocycles. The molecule has 0 aliphatic carbocycles. The number of piperidine rings is 1. The molecule has 2 fully saturated rings. The molecule has 2 rings (SSSR count). The number of hydrogen-bond acceptors (Lipinski definition) is 4. The molecule has 0 aromatic rings. The Bertz CT molecular complexity index is 174. The Kier molecular flexibility index (Phi) is 2.55. The normalized spacial score (nSPS) is 44.8. The average molecular weight is 187 g/mol. The zero-order valence-electron chi connectivity index (χ0n) is 7.95. The monoisotopic (exact) mass is 187 g/mol. The lowest BCUT2D eigenvalue weighted by Gasteiger charge is -2.44. The van der Waals surface area contributed by atoms with Gasteiger partial charge in [-0.05, 0) is 12.8 Å². The fraction of sp³-hybridized carbons (Fsp3) is 1.00. The summed E-state index contributed by atoms with van der Waals surface area (Å²) in [5, 5.41) is 13.6. The van der Waals surface area contributed by atoms with Crippen LogP contribution < -0.4 is 5.32 Å². The first-order valence-corrected chi connectivity index (χ1v) is 4.77. The van der Waals surface area contributed by atoms with Crippen molar-refractivity contribution >= 4 is 0 Å². The van der Waals surface area contributed by atoms with E-state index < -0.39 is 5.60 Å². The lowest BCUT2D eigenvalue weighted by molar-refractivity contribution is -0.106. The lowest BCUT2D eigenvalue weighted by atomic mass is 9.83. The van der Waals surface area contributed by atoms with Crippen molar-refractivity contribution in [2.45, 2.75) is 30.5 Å². The van der Waals surface area contributed by atoms with Gasteiger partial charge in [0.25, 0.3) is 0 Å². The summed E-state index contributed by atoms with van der Waals surface area (Å²) in [6.45, 7) is 1.85. The molecular weight excluding hydrogens is 170 g/mol. The van der Waals surface area contributed by atoms with Crippen molar-refractivity contribution in [3.63, 3.8) is 0 Å². The van der Waals surface area contributed by atoms with Crippen molar-refractivity contribution in [1.29, 1.82) is 0 Å². The van der Waals surface area contributed by atoms with E-state index in [1.165, 1.54) is 0 Å². The third-order valence-electron chi connectivity index (χ3n) is 2.78. The summed E-state index contributed by atoms with van der Waals surface area (Å²) < 4.78 is 10.4. The average Bonchev–Trinajstić information content (AvgIpc) is 2.02. The van der Waals surface area contributed by atoms with E-state index in [0.29, 0.717) is 31.9 Å². The van der Waals surface area contributed by atoms with Crippen LogP contribution in [0.3, 0.4) is 0 Å². The van der Waals surface area contributed by atoms with Crippen molar-refractivity contribution in [2.24, 2.45) is 0 Å². The number of hydrogen-bond donors (Lipinski definition) is 2. The molecular formula is C9H17NO3. The van der Waals surface area contributed by atoms with E-state index in [4.69, 9.17) is 9.47 Å². The van der Waals surface area contributed by atoms with Gasteiger partial charge in [0.1, 0.15) is 0 Å². The number of morpholine rings is 1. The van der Waals surface area contributed by atoms with Crippen molar-refractivity contribution in [3.05, 3.63) is 0 Å². The second-order valence-electron chi connectivity index (χ2n) is 4.16. The Hall–Kier alpha value is -0.160. The minimum Gasteiger partial charge on any atom is -0.387 e. The molecule has 13 heavy (non-hydrogen) atoms. The topological polar surface area (TPSA) is 50.7 Å². The molecule has 76 valence electrons. The van der Waals surface area contributed by atoms with Crippen LogP contribution in [-0.2, 0) is 9.47 Å². The maximum atomic E-state index is 10.2. The first-order valence-electron chi connectivity index (χ1n) is 4.77. The van der Waals surface area contributed by atoms with Crippen LogP contribution in [0.1, 0.15) is 12.8 Å². The Morgan fingerprint density at radius 2 is 2.08 bits per heavy atom. The molecule has 2 aliphatic rings. The highest BCUT2D eigenvalue weighted by molar-refractivity contribution is 4.97. The molecule has 0 amide bonds. The number of fused-ring (bicyclic) bond motifs is 2. The maximum absolute atomic E-state index is 10.2. The molecule has 2 N–H and O–H groups in total. The molecule has 2 heterocycles. The van der Waals surface area contributed by atoms with Crippen LogP contribution in [0.25, 0.3) is 0 Å². The van der Waals surface area contributed by atoms with E-state index in [0.717, 1.165) is 12.8 Å². The van der Waals surface area contributed by atoms with Gasteiger partial charge in [-0.15, -0.1) is 0 Å². The van der Waals surface area contributed by atoms with Crippen molar-refractivity contribution in [2.75, 3.05) is 26.9 Å². The van der Waals surface area contributed by atoms with E-state index >= 15 is 0 Å². The van der Waals surface area contributed by atoms with E-state index in [2.05, 4.69) is 5.32 Å². The molecule has 0 radical (unpaired) electrons. The summed E-state index contributed by atoms with van der Waals surface area (Å²) >= 11 is 0. The molecule has 4 nitrogen and oxygen atoms in total. The van der Waals surface area contributed by atoms with E-state index in [9.17, 15) is 5.11 Å². The van der Waals surface area contributed by atoms with Gasteiger partial charge in [-0.25, -0.2) is 0 Å². The standard InChI is InChI=1S/C9H17NO3/c1-12-6-9(11)2-7-4-13-5-8(3-9)10-7/h7-8,10-11H,2-6H2,1H3. The molecule has 2 bridgehead atoms. The maximum Gasteiger partial charge on any atom is 0.0911 e. The molecule has 0 saturated carbocycles. The van der Waals surface area contributed by atoms with Crippen LogP contribution in [0.15, 0.2) is 0 Å². The summed E-state index contributed by atoms with van der Waals surface area (Å²) in [6, 6.07) is 0.597. The fourth-order valence-corrected chi connectivity index (χ4v) is 2.40. The van der Waals surface area contributed by atoms with Crippen molar-refractivity contribution < 1.29 is 14.6 Å². The number of aliphatic hydroxyl groups is 1.